The summed E-state index contributed by atoms with van der Waals surface area (Å²) in [6.45, 7) is 0.105. The molecule has 0 saturated heterocycles. The van der Waals surface area contributed by atoms with E-state index in [9.17, 15) is 16.8 Å². The maximum Gasteiger partial charge on any atom is 0.242 e. The molecule has 11 N–H and O–H groups in total. The van der Waals surface area contributed by atoms with E-state index in [1.165, 1.54) is 18.3 Å². The van der Waals surface area contributed by atoms with Gasteiger partial charge in [-0.1, -0.05) is 6.07 Å². The fourth-order valence-electron chi connectivity index (χ4n) is 2.86. The molecule has 0 saturated carbocycles. The molecule has 31 heavy (non-hydrogen) atoms. The third kappa shape index (κ3) is 4.68. The van der Waals surface area contributed by atoms with Gasteiger partial charge in [0.2, 0.25) is 25.9 Å². The number of tetrazole rings is 1. The number of rotatable bonds is 8. The van der Waals surface area contributed by atoms with Crippen molar-refractivity contribution in [3.8, 4) is 22.5 Å². The number of H-pyrrole nitrogens is 1. The van der Waals surface area contributed by atoms with Crippen LogP contribution in [0.1, 0.15) is 0 Å². The lowest BCUT2D eigenvalue weighted by atomic mass is 10.0. The largest absolute Gasteiger partial charge is 0.384 e. The highest BCUT2D eigenvalue weighted by atomic mass is 32.2. The van der Waals surface area contributed by atoms with E-state index in [0.717, 1.165) is 6.07 Å². The summed E-state index contributed by atoms with van der Waals surface area (Å²) in [5, 5.41) is 18.7. The van der Waals surface area contributed by atoms with Crippen LogP contribution in [0.4, 0.5) is 5.82 Å². The summed E-state index contributed by atoms with van der Waals surface area (Å²) in [7, 11) is -8.96. The molecule has 0 aliphatic carbocycles. The summed E-state index contributed by atoms with van der Waals surface area (Å²) in [6, 6.07) is 4.87. The number of quaternary nitrogens is 1. The predicted octanol–water partition coefficient (Wildman–Crippen LogP) is -2.99. The number of hydrogen-bond donors (Lipinski definition) is 6. The van der Waals surface area contributed by atoms with Crippen molar-refractivity contribution >= 4 is 25.9 Å². The lowest BCUT2D eigenvalue weighted by Crippen LogP contribution is -2.62. The van der Waals surface area contributed by atoms with Gasteiger partial charge in [-0.25, -0.2) is 31.7 Å². The van der Waals surface area contributed by atoms with Crippen LogP contribution in [0.2, 0.25) is 0 Å². The first kappa shape index (κ1) is 22.7. The summed E-state index contributed by atoms with van der Waals surface area (Å²) >= 11 is 0. The van der Waals surface area contributed by atoms with E-state index in [0.29, 0.717) is 5.56 Å². The van der Waals surface area contributed by atoms with Gasteiger partial charge in [-0.2, -0.15) is 5.21 Å². The van der Waals surface area contributed by atoms with Gasteiger partial charge in [-0.05, 0) is 29.0 Å². The van der Waals surface area contributed by atoms with Crippen molar-refractivity contribution in [2.24, 2.45) is 10.9 Å². The van der Waals surface area contributed by atoms with Gasteiger partial charge in [-0.15, -0.1) is 10.2 Å². The maximum atomic E-state index is 13.0. The van der Waals surface area contributed by atoms with E-state index in [4.69, 9.17) is 16.6 Å². The van der Waals surface area contributed by atoms with Crippen LogP contribution in [-0.2, 0) is 20.0 Å². The molecule has 0 aliphatic heterocycles. The zero-order valence-electron chi connectivity index (χ0n) is 16.1. The Labute approximate surface area is 177 Å². The fraction of sp³-hybridized carbons (Fsp3) is 0.200. The number of aromatic amines is 1. The molecule has 1 aromatic carbocycles. The van der Waals surface area contributed by atoms with Crippen molar-refractivity contribution in [3.05, 3.63) is 30.5 Å². The van der Waals surface area contributed by atoms with Gasteiger partial charge in [0.05, 0.1) is 18.2 Å². The van der Waals surface area contributed by atoms with Crippen molar-refractivity contribution < 1.29 is 22.6 Å². The average Bonchev–Trinajstić information content (AvgIpc) is 3.25. The molecule has 0 radical (unpaired) electrons. The molecule has 1 unspecified atom stereocenters. The van der Waals surface area contributed by atoms with E-state index in [1.54, 1.807) is 6.07 Å². The molecule has 0 spiro atoms. The Morgan fingerprint density at radius 3 is 2.42 bits per heavy atom. The van der Waals surface area contributed by atoms with Gasteiger partial charge >= 0.3 is 0 Å². The first-order chi connectivity index (χ1) is 14.6. The number of anilines is 1. The van der Waals surface area contributed by atoms with Crippen molar-refractivity contribution in [1.82, 2.24) is 30.3 Å². The number of nitrogens with two attached hydrogens (primary N) is 3. The van der Waals surface area contributed by atoms with Gasteiger partial charge in [0.25, 0.3) is 0 Å². The molecule has 14 nitrogen and oxygen atoms in total. The summed E-state index contributed by atoms with van der Waals surface area (Å²) in [5.41, 5.74) is 15.3. The molecular weight excluding hydrogens is 448 g/mol. The van der Waals surface area contributed by atoms with E-state index >= 15 is 0 Å². The monoisotopic (exact) mass is 469 g/mol. The zero-order chi connectivity index (χ0) is 22.8. The zero-order valence-corrected chi connectivity index (χ0v) is 17.7. The van der Waals surface area contributed by atoms with Crippen LogP contribution in [0.15, 0.2) is 40.3 Å². The fourth-order valence-corrected chi connectivity index (χ4v) is 5.75. The maximum absolute atomic E-state index is 13.0. The predicted molar refractivity (Wildman–Crippen MR) is 110 cm³/mol. The van der Waals surface area contributed by atoms with Gasteiger partial charge in [0.1, 0.15) is 15.6 Å². The molecule has 3 rings (SSSR count). The van der Waals surface area contributed by atoms with E-state index < -0.39 is 35.9 Å². The van der Waals surface area contributed by atoms with Crippen LogP contribution < -0.4 is 27.1 Å². The minimum absolute atomic E-state index is 0.0413. The first-order valence-electron chi connectivity index (χ1n) is 8.75. The summed E-state index contributed by atoms with van der Waals surface area (Å²) in [6.07, 6.45) is 1.39. The summed E-state index contributed by atoms with van der Waals surface area (Å²) in [4.78, 5) is 2.70. The third-order valence-corrected chi connectivity index (χ3v) is 7.00. The Bertz CT molecular complexity index is 1270. The number of hydrogen-bond acceptors (Lipinski definition) is 10. The molecule has 2 aromatic heterocycles. The lowest BCUT2D eigenvalue weighted by Gasteiger charge is -2.18. The number of primary sulfonamides is 1. The average molecular weight is 470 g/mol. The third-order valence-electron chi connectivity index (χ3n) is 4.32. The standard InChI is InChI=1S/C15H20N10O4S2/c16-5-9(6-17)23-31(28,29)11-3-2-10(8-1-4-12(18)20-7-8)13(14(11)30(19,26)27)15-21-24-25-22-15/h1-4,7,9,23H,5-6,16-17H2,(H2,18,20)(H2,19,26,27)(H,21,22,24,25)/p+1. The molecule has 3 aromatic rings. The van der Waals surface area contributed by atoms with Crippen molar-refractivity contribution in [1.29, 1.82) is 0 Å². The molecule has 0 amide bonds. The molecule has 166 valence electrons. The molecule has 0 fully saturated rings. The number of nitrogens with zero attached hydrogens (tertiary/aromatic N) is 4. The second-order valence-corrected chi connectivity index (χ2v) is 9.59. The SMILES string of the molecule is NCC(C[NH3+])NS(=O)(=O)c1ccc(-c2ccc(N)nc2)c(-c2nn[nH]n2)c1S(N)(=O)=O. The van der Waals surface area contributed by atoms with Crippen molar-refractivity contribution in [2.45, 2.75) is 15.8 Å². The van der Waals surface area contributed by atoms with E-state index in [2.05, 4.69) is 36.1 Å². The van der Waals surface area contributed by atoms with Crippen LogP contribution in [-0.4, -0.2) is 61.6 Å². The highest BCUT2D eigenvalue weighted by molar-refractivity contribution is 7.92. The Kier molecular flexibility index (Phi) is 6.30. The quantitative estimate of drug-likeness (QED) is 0.195. The molecule has 1 atom stereocenters. The Hall–Kier alpha value is -3.02. The highest BCUT2D eigenvalue weighted by Gasteiger charge is 2.33. The first-order valence-corrected chi connectivity index (χ1v) is 11.8. The number of sulfonamides is 2. The van der Waals surface area contributed by atoms with Gasteiger partial charge < -0.3 is 17.2 Å². The minimum Gasteiger partial charge on any atom is -0.384 e. The minimum atomic E-state index is -4.59. The van der Waals surface area contributed by atoms with Crippen LogP contribution in [0.3, 0.4) is 0 Å². The summed E-state index contributed by atoms with van der Waals surface area (Å²) < 4.78 is 53.6. The number of nitrogens with one attached hydrogen (secondary N) is 2. The lowest BCUT2D eigenvalue weighted by molar-refractivity contribution is -0.371. The topological polar surface area (TPSA) is 253 Å². The number of pyridine rings is 1. The van der Waals surface area contributed by atoms with Gasteiger partial charge in [-0.3, -0.25) is 0 Å². The van der Waals surface area contributed by atoms with Gasteiger partial charge in [0, 0.05) is 18.3 Å². The van der Waals surface area contributed by atoms with Crippen LogP contribution >= 0.6 is 0 Å². The number of aromatic nitrogens is 5. The molecule has 2 heterocycles. The molecular formula is C15H21N10O4S2+. The second-order valence-electron chi connectivity index (χ2n) is 6.41. The number of nitrogen functional groups attached to an aromatic ring is 1. The Balaban J connectivity index is 2.38. The summed E-state index contributed by atoms with van der Waals surface area (Å²) in [5.74, 6) is 0.0568. The Morgan fingerprint density at radius 1 is 1.16 bits per heavy atom. The van der Waals surface area contributed by atoms with Crippen molar-refractivity contribution in [3.63, 3.8) is 0 Å². The molecule has 16 heteroatoms. The smallest absolute Gasteiger partial charge is 0.242 e. The van der Waals surface area contributed by atoms with Crippen LogP contribution in [0.25, 0.3) is 22.5 Å². The highest BCUT2D eigenvalue weighted by Crippen LogP contribution is 2.38. The van der Waals surface area contributed by atoms with Crippen LogP contribution in [0.5, 0.6) is 0 Å². The Morgan fingerprint density at radius 2 is 1.90 bits per heavy atom. The van der Waals surface area contributed by atoms with Gasteiger partial charge in [0.15, 0.2) is 0 Å². The normalized spacial score (nSPS) is 13.3. The second kappa shape index (κ2) is 8.61. The number of benzene rings is 1. The molecule has 0 aliphatic rings. The molecule has 0 bridgehead atoms. The van der Waals surface area contributed by atoms with E-state index in [1.807, 2.05) is 0 Å². The van der Waals surface area contributed by atoms with Crippen molar-refractivity contribution in [2.75, 3.05) is 18.8 Å². The van der Waals surface area contributed by atoms with Crippen LogP contribution in [0, 0.1) is 0 Å². The van der Waals surface area contributed by atoms with E-state index in [-0.39, 0.29) is 35.9 Å².